The molecular weight excluding hydrogens is 242 g/mol. The minimum atomic E-state index is -0.854. The molecule has 3 aliphatic rings. The van der Waals surface area contributed by atoms with Crippen molar-refractivity contribution in [2.75, 3.05) is 6.54 Å². The van der Waals surface area contributed by atoms with E-state index in [4.69, 9.17) is 0 Å². The van der Waals surface area contributed by atoms with Crippen LogP contribution in [0.4, 0.5) is 0 Å². The predicted molar refractivity (Wildman–Crippen MR) is 70.4 cm³/mol. The molecule has 0 saturated heterocycles. The quantitative estimate of drug-likeness (QED) is 0.745. The van der Waals surface area contributed by atoms with Crippen LogP contribution >= 0.6 is 0 Å². The fraction of sp³-hybridized carbons (Fsp3) is 0.733. The first kappa shape index (κ1) is 12.7. The van der Waals surface area contributed by atoms with Gasteiger partial charge in [0.1, 0.15) is 0 Å². The first-order valence-electron chi connectivity index (χ1n) is 7.28. The van der Waals surface area contributed by atoms with E-state index in [1.807, 2.05) is 12.2 Å². The van der Waals surface area contributed by atoms with E-state index >= 15 is 0 Å². The van der Waals surface area contributed by atoms with Crippen molar-refractivity contribution in [1.29, 1.82) is 0 Å². The number of rotatable bonds is 5. The average molecular weight is 263 g/mol. The van der Waals surface area contributed by atoms with Crippen molar-refractivity contribution in [3.8, 4) is 0 Å². The molecule has 2 fully saturated rings. The Labute approximate surface area is 113 Å². The van der Waals surface area contributed by atoms with Crippen molar-refractivity contribution in [2.45, 2.75) is 38.5 Å². The van der Waals surface area contributed by atoms with Crippen LogP contribution in [-0.2, 0) is 9.59 Å². The molecule has 3 aliphatic carbocycles. The van der Waals surface area contributed by atoms with Gasteiger partial charge in [-0.25, -0.2) is 0 Å². The van der Waals surface area contributed by atoms with Crippen LogP contribution in [0.3, 0.4) is 0 Å². The van der Waals surface area contributed by atoms with Crippen LogP contribution in [0, 0.1) is 23.2 Å². The maximum absolute atomic E-state index is 12.2. The van der Waals surface area contributed by atoms with E-state index in [2.05, 4.69) is 5.32 Å². The van der Waals surface area contributed by atoms with Gasteiger partial charge in [-0.3, -0.25) is 9.59 Å². The highest BCUT2D eigenvalue weighted by Crippen LogP contribution is 2.60. The minimum absolute atomic E-state index is 0.0660. The molecule has 0 radical (unpaired) electrons. The molecule has 0 heterocycles. The van der Waals surface area contributed by atoms with Crippen molar-refractivity contribution in [2.24, 2.45) is 23.2 Å². The maximum Gasteiger partial charge on any atom is 0.307 e. The SMILES string of the molecule is O=C(O)[C@H]1CC=CC[C@H]1C(=O)NCC1(C2CC2)CC1. The molecule has 0 aromatic heterocycles. The van der Waals surface area contributed by atoms with Gasteiger partial charge in [0.2, 0.25) is 5.91 Å². The summed E-state index contributed by atoms with van der Waals surface area (Å²) in [5.41, 5.74) is 0.374. The molecular formula is C15H21NO3. The van der Waals surface area contributed by atoms with Gasteiger partial charge in [-0.2, -0.15) is 0 Å². The second kappa shape index (κ2) is 4.66. The number of hydrogen-bond donors (Lipinski definition) is 2. The average Bonchev–Trinajstić information content (AvgIpc) is 3.28. The molecule has 0 aromatic carbocycles. The number of hydrogen-bond acceptors (Lipinski definition) is 2. The Bertz CT molecular complexity index is 421. The van der Waals surface area contributed by atoms with Crippen LogP contribution in [0.15, 0.2) is 12.2 Å². The zero-order valence-corrected chi connectivity index (χ0v) is 11.1. The van der Waals surface area contributed by atoms with Crippen molar-refractivity contribution < 1.29 is 14.7 Å². The number of carboxylic acids is 1. The summed E-state index contributed by atoms with van der Waals surface area (Å²) in [4.78, 5) is 23.4. The van der Waals surface area contributed by atoms with Gasteiger partial charge in [0.15, 0.2) is 0 Å². The molecule has 0 aliphatic heterocycles. The van der Waals surface area contributed by atoms with Gasteiger partial charge < -0.3 is 10.4 Å². The second-order valence-corrected chi connectivity index (χ2v) is 6.35. The largest absolute Gasteiger partial charge is 0.481 e. The lowest BCUT2D eigenvalue weighted by atomic mass is 9.82. The molecule has 0 spiro atoms. The molecule has 0 bridgehead atoms. The molecule has 3 rings (SSSR count). The Morgan fingerprint density at radius 1 is 1.16 bits per heavy atom. The first-order valence-corrected chi connectivity index (χ1v) is 7.28. The lowest BCUT2D eigenvalue weighted by Crippen LogP contribution is -2.41. The van der Waals surface area contributed by atoms with Crippen LogP contribution in [0.1, 0.15) is 38.5 Å². The van der Waals surface area contributed by atoms with Crippen LogP contribution in [0.2, 0.25) is 0 Å². The number of nitrogens with one attached hydrogen (secondary N) is 1. The summed E-state index contributed by atoms with van der Waals surface area (Å²) in [5.74, 6) is -1.05. The summed E-state index contributed by atoms with van der Waals surface area (Å²) in [6.07, 6.45) is 9.89. The summed E-state index contributed by atoms with van der Waals surface area (Å²) < 4.78 is 0. The Morgan fingerprint density at radius 3 is 2.32 bits per heavy atom. The monoisotopic (exact) mass is 263 g/mol. The molecule has 2 N–H and O–H groups in total. The molecule has 104 valence electrons. The number of carboxylic acid groups (broad SMARTS) is 1. The summed E-state index contributed by atoms with van der Waals surface area (Å²) >= 11 is 0. The maximum atomic E-state index is 12.2. The smallest absolute Gasteiger partial charge is 0.307 e. The zero-order chi connectivity index (χ0) is 13.5. The molecule has 4 heteroatoms. The number of carbonyl (C=O) groups excluding carboxylic acids is 1. The lowest BCUT2D eigenvalue weighted by Gasteiger charge is -2.25. The fourth-order valence-electron chi connectivity index (χ4n) is 3.36. The van der Waals surface area contributed by atoms with Crippen LogP contribution in [0.25, 0.3) is 0 Å². The van der Waals surface area contributed by atoms with Gasteiger partial charge in [0.05, 0.1) is 11.8 Å². The van der Waals surface area contributed by atoms with E-state index in [0.717, 1.165) is 12.5 Å². The van der Waals surface area contributed by atoms with E-state index in [0.29, 0.717) is 18.3 Å². The summed E-state index contributed by atoms with van der Waals surface area (Å²) in [7, 11) is 0. The number of carbonyl (C=O) groups is 2. The Kier molecular flexibility index (Phi) is 3.11. The number of amides is 1. The predicted octanol–water partition coefficient (Wildman–Crippen LogP) is 1.96. The highest BCUT2D eigenvalue weighted by molar-refractivity contribution is 5.85. The van der Waals surface area contributed by atoms with E-state index < -0.39 is 17.8 Å². The highest BCUT2D eigenvalue weighted by Gasteiger charge is 2.53. The normalized spacial score (nSPS) is 31.8. The van der Waals surface area contributed by atoms with Gasteiger partial charge in [0, 0.05) is 6.54 Å². The van der Waals surface area contributed by atoms with Crippen molar-refractivity contribution in [1.82, 2.24) is 5.32 Å². The van der Waals surface area contributed by atoms with Crippen LogP contribution < -0.4 is 5.32 Å². The van der Waals surface area contributed by atoms with Gasteiger partial charge in [-0.15, -0.1) is 0 Å². The first-order chi connectivity index (χ1) is 9.12. The third-order valence-electron chi connectivity index (χ3n) is 5.04. The molecule has 2 saturated carbocycles. The Balaban J connectivity index is 1.57. The van der Waals surface area contributed by atoms with Crippen LogP contribution in [-0.4, -0.2) is 23.5 Å². The Morgan fingerprint density at radius 2 is 1.79 bits per heavy atom. The molecule has 2 atom stereocenters. The number of aliphatic carboxylic acids is 1. The second-order valence-electron chi connectivity index (χ2n) is 6.35. The Hall–Kier alpha value is -1.32. The van der Waals surface area contributed by atoms with Crippen LogP contribution in [0.5, 0.6) is 0 Å². The summed E-state index contributed by atoms with van der Waals surface area (Å²) in [6.45, 7) is 0.753. The van der Waals surface area contributed by atoms with E-state index in [-0.39, 0.29) is 5.91 Å². The third-order valence-corrected chi connectivity index (χ3v) is 5.04. The topological polar surface area (TPSA) is 66.4 Å². The van der Waals surface area contributed by atoms with Gasteiger partial charge >= 0.3 is 5.97 Å². The van der Waals surface area contributed by atoms with Gasteiger partial charge in [0.25, 0.3) is 0 Å². The molecule has 4 nitrogen and oxygen atoms in total. The minimum Gasteiger partial charge on any atom is -0.481 e. The van der Waals surface area contributed by atoms with Gasteiger partial charge in [-0.05, 0) is 49.9 Å². The standard InChI is InChI=1S/C15H21NO3/c17-13(11-3-1-2-4-12(11)14(18)19)16-9-15(7-8-15)10-5-6-10/h1-2,10-12H,3-9H2,(H,16,17)(H,18,19)/t11-,12+/m1/s1. The third kappa shape index (κ3) is 2.53. The molecule has 0 aromatic rings. The molecule has 19 heavy (non-hydrogen) atoms. The van der Waals surface area contributed by atoms with Crippen molar-refractivity contribution in [3.05, 3.63) is 12.2 Å². The molecule has 1 amide bonds. The zero-order valence-electron chi connectivity index (χ0n) is 11.1. The summed E-state index contributed by atoms with van der Waals surface area (Å²) in [6, 6.07) is 0. The lowest BCUT2D eigenvalue weighted by molar-refractivity contribution is -0.147. The van der Waals surface area contributed by atoms with Crippen molar-refractivity contribution in [3.63, 3.8) is 0 Å². The van der Waals surface area contributed by atoms with E-state index in [1.54, 1.807) is 0 Å². The highest BCUT2D eigenvalue weighted by atomic mass is 16.4. The number of allylic oxidation sites excluding steroid dienone is 2. The van der Waals surface area contributed by atoms with E-state index in [1.165, 1.54) is 25.7 Å². The van der Waals surface area contributed by atoms with Crippen molar-refractivity contribution >= 4 is 11.9 Å². The fourth-order valence-corrected chi connectivity index (χ4v) is 3.36. The summed E-state index contributed by atoms with van der Waals surface area (Å²) in [5, 5.41) is 12.2. The van der Waals surface area contributed by atoms with E-state index in [9.17, 15) is 14.7 Å². The van der Waals surface area contributed by atoms with Gasteiger partial charge in [-0.1, -0.05) is 12.2 Å². The molecule has 0 unspecified atom stereocenters.